The zero-order chi connectivity index (χ0) is 11.1. The van der Waals surface area contributed by atoms with Crippen molar-refractivity contribution in [3.63, 3.8) is 0 Å². The van der Waals surface area contributed by atoms with Gasteiger partial charge < -0.3 is 10.0 Å². The Kier molecular flexibility index (Phi) is 4.97. The summed E-state index contributed by atoms with van der Waals surface area (Å²) in [4.78, 5) is 9.24. The van der Waals surface area contributed by atoms with Crippen molar-refractivity contribution in [1.82, 2.24) is 9.97 Å². The van der Waals surface area contributed by atoms with Crippen LogP contribution in [0.15, 0.2) is 12.4 Å². The number of hydrogen-bond acceptors (Lipinski definition) is 4. The number of rotatable bonds is 6. The van der Waals surface area contributed by atoms with Crippen LogP contribution in [0.1, 0.15) is 19.3 Å². The van der Waals surface area contributed by atoms with Crippen LogP contribution in [0.2, 0.25) is 0 Å². The Morgan fingerprint density at radius 2 is 2.13 bits per heavy atom. The Morgan fingerprint density at radius 3 is 2.80 bits per heavy atom. The van der Waals surface area contributed by atoms with Gasteiger partial charge >= 0.3 is 0 Å². The van der Waals surface area contributed by atoms with Gasteiger partial charge in [-0.2, -0.15) is 4.39 Å². The first-order valence-corrected chi connectivity index (χ1v) is 5.03. The highest BCUT2D eigenvalue weighted by Gasteiger charge is 2.03. The lowest BCUT2D eigenvalue weighted by molar-refractivity contribution is 0.283. The fraction of sp³-hybridized carbons (Fsp3) is 0.600. The van der Waals surface area contributed by atoms with Gasteiger partial charge in [-0.25, -0.2) is 9.97 Å². The summed E-state index contributed by atoms with van der Waals surface area (Å²) in [6.45, 7) is 1.03. The number of unbranched alkanes of at least 4 members (excludes halogenated alkanes) is 2. The summed E-state index contributed by atoms with van der Waals surface area (Å²) in [6, 6.07) is 1.31. The Morgan fingerprint density at radius 1 is 1.33 bits per heavy atom. The van der Waals surface area contributed by atoms with Gasteiger partial charge in [-0.3, -0.25) is 0 Å². The highest BCUT2D eigenvalue weighted by atomic mass is 19.1. The summed E-state index contributed by atoms with van der Waals surface area (Å²) in [5, 5.41) is 8.60. The predicted octanol–water partition coefficient (Wildman–Crippen LogP) is 1.21. The van der Waals surface area contributed by atoms with Gasteiger partial charge in [0.15, 0.2) is 0 Å². The molecule has 4 nitrogen and oxygen atoms in total. The third-order valence-corrected chi connectivity index (χ3v) is 2.16. The average molecular weight is 213 g/mol. The molecule has 5 heteroatoms. The third-order valence-electron chi connectivity index (χ3n) is 2.16. The molecule has 0 atom stereocenters. The van der Waals surface area contributed by atoms with Crippen molar-refractivity contribution >= 4 is 5.82 Å². The third kappa shape index (κ3) is 4.20. The molecule has 0 spiro atoms. The molecule has 0 unspecified atom stereocenters. The van der Waals surface area contributed by atoms with E-state index in [-0.39, 0.29) is 6.61 Å². The van der Waals surface area contributed by atoms with Crippen LogP contribution < -0.4 is 4.90 Å². The molecular weight excluding hydrogens is 197 g/mol. The van der Waals surface area contributed by atoms with Gasteiger partial charge in [-0.1, -0.05) is 0 Å². The van der Waals surface area contributed by atoms with E-state index in [0.29, 0.717) is 5.82 Å². The highest BCUT2D eigenvalue weighted by Crippen LogP contribution is 2.09. The quantitative estimate of drug-likeness (QED) is 0.570. The molecule has 0 aliphatic rings. The molecule has 0 fully saturated rings. The number of nitrogens with zero attached hydrogens (tertiary/aromatic N) is 3. The lowest BCUT2D eigenvalue weighted by Gasteiger charge is -2.17. The van der Waals surface area contributed by atoms with Crippen molar-refractivity contribution in [3.05, 3.63) is 18.3 Å². The minimum atomic E-state index is -0.512. The zero-order valence-electron chi connectivity index (χ0n) is 8.86. The molecular formula is C10H16FN3O. The first kappa shape index (κ1) is 11.8. The minimum absolute atomic E-state index is 0.228. The number of hydrogen-bond donors (Lipinski definition) is 1. The second kappa shape index (κ2) is 6.29. The van der Waals surface area contributed by atoms with Crippen molar-refractivity contribution in [3.8, 4) is 0 Å². The zero-order valence-corrected chi connectivity index (χ0v) is 8.86. The SMILES string of the molecule is CN(CCCCCO)c1cc(F)ncn1. The van der Waals surface area contributed by atoms with Crippen LogP contribution >= 0.6 is 0 Å². The van der Waals surface area contributed by atoms with Crippen LogP contribution in [0.5, 0.6) is 0 Å². The van der Waals surface area contributed by atoms with Crippen LogP contribution in [0.25, 0.3) is 0 Å². The normalized spacial score (nSPS) is 10.3. The van der Waals surface area contributed by atoms with E-state index < -0.39 is 5.95 Å². The van der Waals surface area contributed by atoms with E-state index >= 15 is 0 Å². The van der Waals surface area contributed by atoms with Crippen molar-refractivity contribution in [1.29, 1.82) is 0 Å². The molecule has 0 saturated carbocycles. The Hall–Kier alpha value is -1.23. The maximum Gasteiger partial charge on any atom is 0.218 e. The number of halogens is 1. The van der Waals surface area contributed by atoms with Crippen molar-refractivity contribution in [2.45, 2.75) is 19.3 Å². The van der Waals surface area contributed by atoms with Gasteiger partial charge in [0, 0.05) is 26.3 Å². The van der Waals surface area contributed by atoms with Gasteiger partial charge in [0.1, 0.15) is 12.1 Å². The second-order valence-electron chi connectivity index (χ2n) is 3.40. The lowest BCUT2D eigenvalue weighted by Crippen LogP contribution is -2.20. The largest absolute Gasteiger partial charge is 0.396 e. The molecule has 1 aromatic heterocycles. The molecule has 1 aromatic rings. The van der Waals surface area contributed by atoms with Crippen LogP contribution in [0.3, 0.4) is 0 Å². The summed E-state index contributed by atoms with van der Waals surface area (Å²) in [5.74, 6) is 0.0775. The summed E-state index contributed by atoms with van der Waals surface area (Å²) < 4.78 is 12.8. The smallest absolute Gasteiger partial charge is 0.218 e. The Labute approximate surface area is 88.8 Å². The summed E-state index contributed by atoms with van der Waals surface area (Å²) >= 11 is 0. The van der Waals surface area contributed by atoms with E-state index in [4.69, 9.17) is 5.11 Å². The number of anilines is 1. The fourth-order valence-corrected chi connectivity index (χ4v) is 1.29. The molecule has 0 bridgehead atoms. The van der Waals surface area contributed by atoms with Crippen molar-refractivity contribution in [2.24, 2.45) is 0 Å². The monoisotopic (exact) mass is 213 g/mol. The fourth-order valence-electron chi connectivity index (χ4n) is 1.29. The molecule has 15 heavy (non-hydrogen) atoms. The molecule has 1 rings (SSSR count). The van der Waals surface area contributed by atoms with Crippen LogP contribution in [-0.4, -0.2) is 35.3 Å². The topological polar surface area (TPSA) is 49.2 Å². The maximum atomic E-state index is 12.8. The first-order valence-electron chi connectivity index (χ1n) is 5.03. The van der Waals surface area contributed by atoms with E-state index in [2.05, 4.69) is 9.97 Å². The Balaban J connectivity index is 2.36. The molecule has 0 saturated heterocycles. The van der Waals surface area contributed by atoms with Crippen LogP contribution in [0, 0.1) is 5.95 Å². The number of aliphatic hydroxyl groups excluding tert-OH is 1. The van der Waals surface area contributed by atoms with Gasteiger partial charge in [-0.15, -0.1) is 0 Å². The average Bonchev–Trinajstić information content (AvgIpc) is 2.24. The molecule has 1 heterocycles. The molecule has 84 valence electrons. The molecule has 0 aromatic carbocycles. The maximum absolute atomic E-state index is 12.8. The minimum Gasteiger partial charge on any atom is -0.396 e. The number of aliphatic hydroxyl groups is 1. The van der Waals surface area contributed by atoms with Gasteiger partial charge in [0.2, 0.25) is 5.95 Å². The predicted molar refractivity (Wildman–Crippen MR) is 56.2 cm³/mol. The van der Waals surface area contributed by atoms with E-state index in [1.54, 1.807) is 0 Å². The van der Waals surface area contributed by atoms with Gasteiger partial charge in [0.25, 0.3) is 0 Å². The molecule has 0 aliphatic carbocycles. The van der Waals surface area contributed by atoms with Crippen LogP contribution in [0.4, 0.5) is 10.2 Å². The molecule has 0 amide bonds. The van der Waals surface area contributed by atoms with Gasteiger partial charge in [0.05, 0.1) is 0 Å². The summed E-state index contributed by atoms with van der Waals surface area (Å²) in [7, 11) is 1.86. The van der Waals surface area contributed by atoms with E-state index in [1.807, 2.05) is 11.9 Å². The molecule has 0 radical (unpaired) electrons. The summed E-state index contributed by atoms with van der Waals surface area (Å²) in [6.07, 6.45) is 3.96. The highest BCUT2D eigenvalue weighted by molar-refractivity contribution is 5.35. The van der Waals surface area contributed by atoms with Crippen LogP contribution in [-0.2, 0) is 0 Å². The number of aromatic nitrogens is 2. The summed E-state index contributed by atoms with van der Waals surface area (Å²) in [5.41, 5.74) is 0. The molecule has 0 aliphatic heterocycles. The van der Waals surface area contributed by atoms with Crippen molar-refractivity contribution < 1.29 is 9.50 Å². The lowest BCUT2D eigenvalue weighted by atomic mass is 10.2. The molecule has 1 N–H and O–H groups in total. The standard InChI is InChI=1S/C10H16FN3O/c1-14(5-3-2-4-6-15)10-7-9(11)12-8-13-10/h7-8,15H,2-6H2,1H3. The van der Waals surface area contributed by atoms with E-state index in [1.165, 1.54) is 12.4 Å². The van der Waals surface area contributed by atoms with E-state index in [0.717, 1.165) is 25.8 Å². The Bertz CT molecular complexity index is 296. The second-order valence-corrected chi connectivity index (χ2v) is 3.40. The van der Waals surface area contributed by atoms with E-state index in [9.17, 15) is 4.39 Å². The van der Waals surface area contributed by atoms with Gasteiger partial charge in [-0.05, 0) is 19.3 Å². The van der Waals surface area contributed by atoms with Crippen molar-refractivity contribution in [2.75, 3.05) is 25.1 Å². The first-order chi connectivity index (χ1) is 7.24.